The second kappa shape index (κ2) is 7.15. The fraction of sp³-hybridized carbons (Fsp3) is 0.0667. The Morgan fingerprint density at radius 2 is 1.73 bits per heavy atom. The molecule has 0 aromatic heterocycles. The first-order valence-electron chi connectivity index (χ1n) is 6.37. The molecule has 1 amide bonds. The van der Waals surface area contributed by atoms with Crippen molar-refractivity contribution in [1.29, 1.82) is 0 Å². The molecule has 2 rings (SSSR count). The molecule has 0 atom stereocenters. The SMILES string of the molecule is NC(N)=NC(=O)c1cc(Cl)cc(NCc2ccc(Cl)cc2)c1. The number of aliphatic imine (C=N–C) groups is 1. The number of benzene rings is 2. The van der Waals surface area contributed by atoms with Gasteiger partial charge in [0.25, 0.3) is 5.91 Å². The first kappa shape index (κ1) is 16.1. The van der Waals surface area contributed by atoms with Gasteiger partial charge >= 0.3 is 0 Å². The second-order valence-electron chi connectivity index (χ2n) is 4.55. The van der Waals surface area contributed by atoms with Gasteiger partial charge in [-0.1, -0.05) is 35.3 Å². The maximum Gasteiger partial charge on any atom is 0.280 e. The van der Waals surface area contributed by atoms with Crippen LogP contribution in [0.4, 0.5) is 5.69 Å². The summed E-state index contributed by atoms with van der Waals surface area (Å²) < 4.78 is 0. The van der Waals surface area contributed by atoms with Crippen molar-refractivity contribution in [3.63, 3.8) is 0 Å². The monoisotopic (exact) mass is 336 g/mol. The molecule has 0 spiro atoms. The Kier molecular flexibility index (Phi) is 5.25. The Balaban J connectivity index is 2.14. The lowest BCUT2D eigenvalue weighted by Gasteiger charge is -2.09. The maximum absolute atomic E-state index is 11.8. The van der Waals surface area contributed by atoms with Crippen molar-refractivity contribution in [2.24, 2.45) is 16.5 Å². The highest BCUT2D eigenvalue weighted by molar-refractivity contribution is 6.31. The van der Waals surface area contributed by atoms with Crippen LogP contribution in [0, 0.1) is 0 Å². The first-order valence-corrected chi connectivity index (χ1v) is 7.12. The smallest absolute Gasteiger partial charge is 0.280 e. The summed E-state index contributed by atoms with van der Waals surface area (Å²) in [4.78, 5) is 15.3. The van der Waals surface area contributed by atoms with Crippen molar-refractivity contribution < 1.29 is 4.79 Å². The molecule has 0 saturated carbocycles. The van der Waals surface area contributed by atoms with Crippen molar-refractivity contribution in [3.8, 4) is 0 Å². The van der Waals surface area contributed by atoms with Gasteiger partial charge in [-0.25, -0.2) is 0 Å². The van der Waals surface area contributed by atoms with Gasteiger partial charge in [-0.3, -0.25) is 4.79 Å². The Morgan fingerprint density at radius 3 is 2.36 bits per heavy atom. The fourth-order valence-electron chi connectivity index (χ4n) is 1.80. The van der Waals surface area contributed by atoms with Crippen LogP contribution in [-0.4, -0.2) is 11.9 Å². The van der Waals surface area contributed by atoms with Gasteiger partial charge in [0, 0.05) is 27.8 Å². The van der Waals surface area contributed by atoms with Crippen molar-refractivity contribution in [2.75, 3.05) is 5.32 Å². The molecule has 0 aliphatic carbocycles. The minimum atomic E-state index is -0.544. The number of rotatable bonds is 4. The van der Waals surface area contributed by atoms with Crippen molar-refractivity contribution in [1.82, 2.24) is 0 Å². The molecular weight excluding hydrogens is 323 g/mol. The summed E-state index contributed by atoms with van der Waals surface area (Å²) in [5.41, 5.74) is 12.4. The van der Waals surface area contributed by atoms with E-state index in [-0.39, 0.29) is 5.96 Å². The molecule has 114 valence electrons. The van der Waals surface area contributed by atoms with Gasteiger partial charge in [-0.2, -0.15) is 4.99 Å². The van der Waals surface area contributed by atoms with E-state index in [1.165, 1.54) is 6.07 Å². The normalized spacial score (nSPS) is 10.1. The van der Waals surface area contributed by atoms with E-state index in [2.05, 4.69) is 10.3 Å². The predicted octanol–water partition coefficient (Wildman–Crippen LogP) is 3.02. The summed E-state index contributed by atoms with van der Waals surface area (Å²) in [5.74, 6) is -0.835. The maximum atomic E-state index is 11.8. The number of hydrogen-bond acceptors (Lipinski definition) is 2. The van der Waals surface area contributed by atoms with E-state index in [9.17, 15) is 4.79 Å². The number of nitrogens with zero attached hydrogens (tertiary/aromatic N) is 1. The lowest BCUT2D eigenvalue weighted by molar-refractivity contribution is 0.100. The molecule has 2 aromatic carbocycles. The Bertz CT molecular complexity index is 710. The van der Waals surface area contributed by atoms with Gasteiger partial charge < -0.3 is 16.8 Å². The lowest BCUT2D eigenvalue weighted by atomic mass is 10.1. The second-order valence-corrected chi connectivity index (χ2v) is 5.42. The van der Waals surface area contributed by atoms with E-state index in [1.807, 2.05) is 24.3 Å². The molecule has 22 heavy (non-hydrogen) atoms. The summed E-state index contributed by atoms with van der Waals surface area (Å²) >= 11 is 11.9. The van der Waals surface area contributed by atoms with Gasteiger partial charge in [0.15, 0.2) is 5.96 Å². The van der Waals surface area contributed by atoms with Crippen LogP contribution >= 0.6 is 23.2 Å². The van der Waals surface area contributed by atoms with E-state index in [0.717, 1.165) is 5.56 Å². The molecule has 0 bridgehead atoms. The molecule has 2 aromatic rings. The number of halogens is 2. The van der Waals surface area contributed by atoms with Gasteiger partial charge in [0.05, 0.1) is 0 Å². The number of nitrogens with one attached hydrogen (secondary N) is 1. The third kappa shape index (κ3) is 4.65. The molecule has 0 radical (unpaired) electrons. The topological polar surface area (TPSA) is 93.5 Å². The summed E-state index contributed by atoms with van der Waals surface area (Å²) in [6.07, 6.45) is 0. The van der Waals surface area contributed by atoms with E-state index in [0.29, 0.717) is 27.8 Å². The van der Waals surface area contributed by atoms with Crippen LogP contribution in [0.15, 0.2) is 47.5 Å². The van der Waals surface area contributed by atoms with Gasteiger partial charge in [0.2, 0.25) is 0 Å². The number of amides is 1. The summed E-state index contributed by atoms with van der Waals surface area (Å²) in [6.45, 7) is 0.563. The molecule has 0 saturated heterocycles. The van der Waals surface area contributed by atoms with Gasteiger partial charge in [-0.15, -0.1) is 0 Å². The molecule has 0 fully saturated rings. The summed E-state index contributed by atoms with van der Waals surface area (Å²) in [7, 11) is 0. The van der Waals surface area contributed by atoms with Crippen molar-refractivity contribution in [3.05, 3.63) is 63.6 Å². The summed E-state index contributed by atoms with van der Waals surface area (Å²) in [5, 5.41) is 4.27. The molecule has 0 unspecified atom stereocenters. The molecule has 7 heteroatoms. The third-order valence-electron chi connectivity index (χ3n) is 2.79. The van der Waals surface area contributed by atoms with Crippen molar-refractivity contribution >= 4 is 40.8 Å². The predicted molar refractivity (Wildman–Crippen MR) is 90.4 cm³/mol. The molecule has 0 aliphatic heterocycles. The van der Waals surface area contributed by atoms with Crippen molar-refractivity contribution in [2.45, 2.75) is 6.54 Å². The van der Waals surface area contributed by atoms with E-state index in [1.54, 1.807) is 12.1 Å². The van der Waals surface area contributed by atoms with E-state index in [4.69, 9.17) is 34.7 Å². The zero-order valence-electron chi connectivity index (χ0n) is 11.5. The van der Waals surface area contributed by atoms with Crippen LogP contribution in [-0.2, 0) is 6.54 Å². The number of hydrogen-bond donors (Lipinski definition) is 3. The zero-order chi connectivity index (χ0) is 16.1. The van der Waals surface area contributed by atoms with Crippen LogP contribution in [0.25, 0.3) is 0 Å². The molecular formula is C15H14Cl2N4O. The molecule has 0 heterocycles. The molecule has 0 aliphatic rings. The van der Waals surface area contributed by atoms with E-state index >= 15 is 0 Å². The van der Waals surface area contributed by atoms with Gasteiger partial charge in [-0.05, 0) is 35.9 Å². The van der Waals surface area contributed by atoms with Crippen LogP contribution in [0.2, 0.25) is 10.0 Å². The highest BCUT2D eigenvalue weighted by Gasteiger charge is 2.08. The highest BCUT2D eigenvalue weighted by atomic mass is 35.5. The number of guanidine groups is 1. The standard InChI is InChI=1S/C15H14Cl2N4O/c16-11-3-1-9(2-4-11)8-20-13-6-10(5-12(17)7-13)14(22)21-15(18)19/h1-7,20H,8H2,(H4,18,19,21,22). The van der Waals surface area contributed by atoms with E-state index < -0.39 is 5.91 Å². The summed E-state index contributed by atoms with van der Waals surface area (Å²) in [6, 6.07) is 12.3. The quantitative estimate of drug-likeness (QED) is 0.590. The molecule has 5 N–H and O–H groups in total. The fourth-order valence-corrected chi connectivity index (χ4v) is 2.16. The highest BCUT2D eigenvalue weighted by Crippen LogP contribution is 2.21. The third-order valence-corrected chi connectivity index (χ3v) is 3.26. The first-order chi connectivity index (χ1) is 10.4. The van der Waals surface area contributed by atoms with Crippen LogP contribution in [0.1, 0.15) is 15.9 Å². The average Bonchev–Trinajstić information content (AvgIpc) is 2.45. The Labute approximate surface area is 137 Å². The van der Waals surface area contributed by atoms with Gasteiger partial charge in [0.1, 0.15) is 0 Å². The van der Waals surface area contributed by atoms with Crippen LogP contribution in [0.3, 0.4) is 0 Å². The number of carbonyl (C=O) groups is 1. The zero-order valence-corrected chi connectivity index (χ0v) is 13.0. The Hall–Kier alpha value is -2.24. The largest absolute Gasteiger partial charge is 0.381 e. The molecule has 5 nitrogen and oxygen atoms in total. The van der Waals surface area contributed by atoms with Crippen LogP contribution < -0.4 is 16.8 Å². The minimum absolute atomic E-state index is 0.291. The number of nitrogens with two attached hydrogens (primary N) is 2. The lowest BCUT2D eigenvalue weighted by Crippen LogP contribution is -2.24. The number of anilines is 1. The van der Waals surface area contributed by atoms with Crippen LogP contribution in [0.5, 0.6) is 0 Å². The number of carbonyl (C=O) groups excluding carboxylic acids is 1. The Morgan fingerprint density at radius 1 is 1.05 bits per heavy atom. The minimum Gasteiger partial charge on any atom is -0.381 e. The average molecular weight is 337 g/mol.